The van der Waals surface area contributed by atoms with E-state index in [1.54, 1.807) is 0 Å². The third-order valence-corrected chi connectivity index (χ3v) is 6.20. The lowest BCUT2D eigenvalue weighted by molar-refractivity contribution is -0.154. The molecule has 4 heteroatoms. The van der Waals surface area contributed by atoms with E-state index in [4.69, 9.17) is 4.74 Å². The fourth-order valence-electron chi connectivity index (χ4n) is 4.39. The smallest absolute Gasteiger partial charge is 0.229 e. The summed E-state index contributed by atoms with van der Waals surface area (Å²) in [6.07, 6.45) is 7.22. The molecule has 0 bridgehead atoms. The molecule has 1 N–H and O–H groups in total. The third kappa shape index (κ3) is 2.72. The minimum Gasteiger partial charge on any atom is -0.396 e. The van der Waals surface area contributed by atoms with Crippen molar-refractivity contribution in [3.05, 3.63) is 0 Å². The number of piperidine rings is 1. The van der Waals surface area contributed by atoms with Crippen LogP contribution in [0.3, 0.4) is 0 Å². The Morgan fingerprint density at radius 2 is 2.00 bits per heavy atom. The summed E-state index contributed by atoms with van der Waals surface area (Å²) in [5.41, 5.74) is -0.214. The topological polar surface area (TPSA) is 49.8 Å². The second-order valence-corrected chi connectivity index (χ2v) is 7.38. The lowest BCUT2D eigenvalue weighted by Gasteiger charge is -2.46. The molecule has 4 nitrogen and oxygen atoms in total. The summed E-state index contributed by atoms with van der Waals surface area (Å²) in [6, 6.07) is 0. The van der Waals surface area contributed by atoms with Crippen LogP contribution in [0, 0.1) is 16.7 Å². The van der Waals surface area contributed by atoms with E-state index in [-0.39, 0.29) is 17.4 Å². The summed E-state index contributed by atoms with van der Waals surface area (Å²) < 4.78 is 5.51. The average molecular weight is 295 g/mol. The first-order chi connectivity index (χ1) is 10.2. The number of hydrogen-bond donors (Lipinski definition) is 1. The lowest BCUT2D eigenvalue weighted by atomic mass is 9.72. The maximum absolute atomic E-state index is 13.3. The van der Waals surface area contributed by atoms with Gasteiger partial charge in [-0.15, -0.1) is 0 Å². The fraction of sp³-hybridized carbons (Fsp3) is 0.941. The van der Waals surface area contributed by atoms with Gasteiger partial charge < -0.3 is 14.7 Å². The molecule has 0 spiro atoms. The molecule has 3 aliphatic rings. The number of nitrogens with zero attached hydrogens (tertiary/aromatic N) is 1. The zero-order chi connectivity index (χ0) is 14.9. The maximum Gasteiger partial charge on any atom is 0.229 e. The van der Waals surface area contributed by atoms with Crippen molar-refractivity contribution in [1.82, 2.24) is 4.90 Å². The number of likely N-dealkylation sites (tertiary alicyclic amines) is 1. The van der Waals surface area contributed by atoms with E-state index in [1.807, 2.05) is 0 Å². The molecule has 1 unspecified atom stereocenters. The molecule has 21 heavy (non-hydrogen) atoms. The van der Waals surface area contributed by atoms with E-state index in [9.17, 15) is 9.90 Å². The zero-order valence-corrected chi connectivity index (χ0v) is 13.3. The van der Waals surface area contributed by atoms with Crippen LogP contribution in [-0.2, 0) is 9.53 Å². The van der Waals surface area contributed by atoms with E-state index < -0.39 is 0 Å². The monoisotopic (exact) mass is 295 g/mol. The molecular formula is C17H29NO3. The van der Waals surface area contributed by atoms with Gasteiger partial charge in [-0.3, -0.25) is 4.79 Å². The summed E-state index contributed by atoms with van der Waals surface area (Å²) in [7, 11) is 0. The molecule has 1 saturated carbocycles. The number of carbonyl (C=O) groups excluding carboxylic acids is 1. The van der Waals surface area contributed by atoms with E-state index >= 15 is 0 Å². The first kappa shape index (κ1) is 15.3. The van der Waals surface area contributed by atoms with Gasteiger partial charge in [-0.2, -0.15) is 0 Å². The Balaban J connectivity index is 1.76. The van der Waals surface area contributed by atoms with Crippen LogP contribution < -0.4 is 0 Å². The van der Waals surface area contributed by atoms with Crippen LogP contribution in [0.25, 0.3) is 0 Å². The maximum atomic E-state index is 13.3. The molecule has 2 aliphatic heterocycles. The highest BCUT2D eigenvalue weighted by molar-refractivity contribution is 5.83. The third-order valence-electron chi connectivity index (χ3n) is 6.20. The number of aliphatic hydroxyl groups excluding tert-OH is 1. The van der Waals surface area contributed by atoms with Crippen molar-refractivity contribution in [2.24, 2.45) is 16.7 Å². The van der Waals surface area contributed by atoms with E-state index in [0.717, 1.165) is 58.4 Å². The van der Waals surface area contributed by atoms with E-state index in [1.165, 1.54) is 12.8 Å². The molecule has 0 aromatic heterocycles. The number of carbonyl (C=O) groups is 1. The Kier molecular flexibility index (Phi) is 4.28. The van der Waals surface area contributed by atoms with Crippen LogP contribution in [0.5, 0.6) is 0 Å². The number of hydrogen-bond acceptors (Lipinski definition) is 3. The predicted octanol–water partition coefficient (Wildman–Crippen LogP) is 2.20. The van der Waals surface area contributed by atoms with Gasteiger partial charge in [-0.1, -0.05) is 6.92 Å². The Hall–Kier alpha value is -0.610. The highest BCUT2D eigenvalue weighted by atomic mass is 16.5. The van der Waals surface area contributed by atoms with Gasteiger partial charge in [0.1, 0.15) is 0 Å². The highest BCUT2D eigenvalue weighted by Crippen LogP contribution is 2.53. The lowest BCUT2D eigenvalue weighted by Crippen LogP contribution is -2.54. The summed E-state index contributed by atoms with van der Waals surface area (Å²) in [6.45, 7) is 5.41. The van der Waals surface area contributed by atoms with Gasteiger partial charge >= 0.3 is 0 Å². The normalized spacial score (nSPS) is 33.0. The van der Waals surface area contributed by atoms with Crippen molar-refractivity contribution < 1.29 is 14.6 Å². The minimum atomic E-state index is -0.148. The van der Waals surface area contributed by atoms with Gasteiger partial charge in [0.25, 0.3) is 0 Å². The molecule has 2 saturated heterocycles. The van der Waals surface area contributed by atoms with Crippen LogP contribution in [-0.4, -0.2) is 48.8 Å². The number of rotatable bonds is 4. The molecule has 3 fully saturated rings. The second-order valence-electron chi connectivity index (χ2n) is 7.38. The van der Waals surface area contributed by atoms with Crippen LogP contribution >= 0.6 is 0 Å². The highest BCUT2D eigenvalue weighted by Gasteiger charge is 2.53. The van der Waals surface area contributed by atoms with E-state index in [2.05, 4.69) is 11.8 Å². The standard InChI is InChI=1S/C17H29NO3/c1-2-16(13-19)6-3-9-18(12-16)15(20)17(14-4-5-14)7-10-21-11-8-17/h14,19H,2-13H2,1H3. The molecule has 0 aromatic carbocycles. The number of aliphatic hydroxyl groups is 1. The van der Waals surface area contributed by atoms with Crippen LogP contribution in [0.1, 0.15) is 51.9 Å². The van der Waals surface area contributed by atoms with Crippen molar-refractivity contribution in [1.29, 1.82) is 0 Å². The summed E-state index contributed by atoms with van der Waals surface area (Å²) in [5.74, 6) is 0.945. The second kappa shape index (κ2) is 5.88. The SMILES string of the molecule is CCC1(CO)CCCN(C(=O)C2(C3CC3)CCOCC2)C1. The first-order valence-electron chi connectivity index (χ1n) is 8.64. The molecule has 2 heterocycles. The quantitative estimate of drug-likeness (QED) is 0.865. The van der Waals surface area contributed by atoms with Gasteiger partial charge in [0.2, 0.25) is 5.91 Å². The number of ether oxygens (including phenoxy) is 1. The molecule has 3 rings (SSSR count). The van der Waals surface area contributed by atoms with Crippen molar-refractivity contribution in [2.75, 3.05) is 32.9 Å². The molecule has 0 radical (unpaired) electrons. The van der Waals surface area contributed by atoms with Gasteiger partial charge in [0, 0.05) is 31.7 Å². The minimum absolute atomic E-state index is 0.0657. The van der Waals surface area contributed by atoms with Crippen molar-refractivity contribution in [3.8, 4) is 0 Å². The Morgan fingerprint density at radius 3 is 2.57 bits per heavy atom. The first-order valence-corrected chi connectivity index (χ1v) is 8.64. The van der Waals surface area contributed by atoms with Crippen molar-refractivity contribution in [3.63, 3.8) is 0 Å². The Bertz CT molecular complexity index is 381. The van der Waals surface area contributed by atoms with Crippen molar-refractivity contribution >= 4 is 5.91 Å². The van der Waals surface area contributed by atoms with Gasteiger partial charge in [-0.25, -0.2) is 0 Å². The van der Waals surface area contributed by atoms with Crippen LogP contribution in [0.4, 0.5) is 0 Å². The fourth-order valence-corrected chi connectivity index (χ4v) is 4.39. The van der Waals surface area contributed by atoms with Gasteiger partial charge in [0.05, 0.1) is 12.0 Å². The van der Waals surface area contributed by atoms with Crippen LogP contribution in [0.2, 0.25) is 0 Å². The molecule has 120 valence electrons. The predicted molar refractivity (Wildman–Crippen MR) is 80.8 cm³/mol. The molecule has 0 aromatic rings. The largest absolute Gasteiger partial charge is 0.396 e. The Morgan fingerprint density at radius 1 is 1.29 bits per heavy atom. The molecule has 1 amide bonds. The summed E-state index contributed by atoms with van der Waals surface area (Å²) >= 11 is 0. The summed E-state index contributed by atoms with van der Waals surface area (Å²) in [4.78, 5) is 15.3. The average Bonchev–Trinajstić information content (AvgIpc) is 3.40. The molecule has 1 atom stereocenters. The van der Waals surface area contributed by atoms with Crippen molar-refractivity contribution in [2.45, 2.75) is 51.9 Å². The Labute approximate surface area is 127 Å². The zero-order valence-electron chi connectivity index (χ0n) is 13.3. The van der Waals surface area contributed by atoms with Gasteiger partial charge in [-0.05, 0) is 50.9 Å². The van der Waals surface area contributed by atoms with Crippen LogP contribution in [0.15, 0.2) is 0 Å². The van der Waals surface area contributed by atoms with Gasteiger partial charge in [0.15, 0.2) is 0 Å². The summed E-state index contributed by atoms with van der Waals surface area (Å²) in [5, 5.41) is 9.78. The molecule has 1 aliphatic carbocycles. The van der Waals surface area contributed by atoms with E-state index in [0.29, 0.717) is 11.8 Å². The number of amides is 1. The molecular weight excluding hydrogens is 266 g/mol.